The molecule has 2 amide bonds. The molecule has 0 aromatic heterocycles. The molecule has 1 aliphatic rings. The number of hydrogen-bond donors (Lipinski definition) is 2. The summed E-state index contributed by atoms with van der Waals surface area (Å²) in [6.07, 6.45) is 2.30. The van der Waals surface area contributed by atoms with Gasteiger partial charge in [0.25, 0.3) is 0 Å². The fraction of sp³-hybridized carbons (Fsp3) is 0.524. The van der Waals surface area contributed by atoms with Crippen LogP contribution in [0.1, 0.15) is 58.9 Å². The van der Waals surface area contributed by atoms with E-state index in [4.69, 9.17) is 27.9 Å². The van der Waals surface area contributed by atoms with Gasteiger partial charge in [-0.15, -0.1) is 0 Å². The summed E-state index contributed by atoms with van der Waals surface area (Å²) >= 11 is 11.9. The monoisotopic (exact) mass is 424 g/mol. The van der Waals surface area contributed by atoms with Crippen molar-refractivity contribution in [2.24, 2.45) is 0 Å². The Bertz CT molecular complexity index is 800. The first-order chi connectivity index (χ1) is 13.0. The van der Waals surface area contributed by atoms with E-state index in [-0.39, 0.29) is 5.91 Å². The van der Waals surface area contributed by atoms with Crippen LogP contribution in [0.2, 0.25) is 10.0 Å². The minimum atomic E-state index is -0.956. The topological polar surface area (TPSA) is 67.4 Å². The number of rotatable bonds is 3. The second kappa shape index (κ2) is 9.07. The molecule has 152 valence electrons. The summed E-state index contributed by atoms with van der Waals surface area (Å²) in [4.78, 5) is 25.1. The summed E-state index contributed by atoms with van der Waals surface area (Å²) in [5.74, 6) is 5.71. The minimum absolute atomic E-state index is 0.244. The summed E-state index contributed by atoms with van der Waals surface area (Å²) in [6, 6.07) is 4.71. The molecule has 0 saturated heterocycles. The van der Waals surface area contributed by atoms with E-state index >= 15 is 0 Å². The van der Waals surface area contributed by atoms with Gasteiger partial charge in [0.1, 0.15) is 11.1 Å². The van der Waals surface area contributed by atoms with E-state index in [1.165, 1.54) is 0 Å². The van der Waals surface area contributed by atoms with E-state index in [9.17, 15) is 9.59 Å². The Labute approximate surface area is 176 Å². The molecule has 2 rings (SSSR count). The largest absolute Gasteiger partial charge is 0.444 e. The molecule has 1 aromatic rings. The first kappa shape index (κ1) is 22.4. The van der Waals surface area contributed by atoms with Crippen LogP contribution in [0.5, 0.6) is 0 Å². The van der Waals surface area contributed by atoms with Crippen LogP contribution in [0, 0.1) is 11.8 Å². The number of halogens is 2. The molecule has 0 radical (unpaired) electrons. The van der Waals surface area contributed by atoms with Crippen LogP contribution in [0.25, 0.3) is 0 Å². The van der Waals surface area contributed by atoms with E-state index in [0.717, 1.165) is 12.8 Å². The van der Waals surface area contributed by atoms with Crippen LogP contribution in [0.3, 0.4) is 0 Å². The predicted molar refractivity (Wildman–Crippen MR) is 112 cm³/mol. The van der Waals surface area contributed by atoms with Gasteiger partial charge in [-0.25, -0.2) is 4.79 Å². The Kier molecular flexibility index (Phi) is 7.25. The van der Waals surface area contributed by atoms with Gasteiger partial charge in [-0.05, 0) is 58.7 Å². The molecule has 0 aliphatic heterocycles. The lowest BCUT2D eigenvalue weighted by atomic mass is 9.96. The molecule has 5 nitrogen and oxygen atoms in total. The lowest BCUT2D eigenvalue weighted by molar-refractivity contribution is -0.127. The molecule has 1 saturated carbocycles. The highest BCUT2D eigenvalue weighted by Crippen LogP contribution is 2.30. The number of hydrogen-bond acceptors (Lipinski definition) is 3. The maximum absolute atomic E-state index is 12.9. The summed E-state index contributed by atoms with van der Waals surface area (Å²) < 4.78 is 5.32. The molecule has 2 N–H and O–H groups in total. The van der Waals surface area contributed by atoms with Crippen LogP contribution < -0.4 is 10.6 Å². The van der Waals surface area contributed by atoms with Crippen molar-refractivity contribution < 1.29 is 14.3 Å². The van der Waals surface area contributed by atoms with Crippen LogP contribution in [-0.2, 0) is 9.53 Å². The summed E-state index contributed by atoms with van der Waals surface area (Å²) in [7, 11) is 0. The van der Waals surface area contributed by atoms with E-state index in [2.05, 4.69) is 22.5 Å². The van der Waals surface area contributed by atoms with Crippen molar-refractivity contribution >= 4 is 35.2 Å². The van der Waals surface area contributed by atoms with E-state index in [1.807, 2.05) is 0 Å². The Morgan fingerprint density at radius 3 is 2.39 bits per heavy atom. The van der Waals surface area contributed by atoms with Crippen LogP contribution >= 0.6 is 23.2 Å². The fourth-order valence-electron chi connectivity index (χ4n) is 3.02. The number of amides is 2. The Balaban J connectivity index is 2.04. The number of carbonyl (C=O) groups is 2. The minimum Gasteiger partial charge on any atom is -0.444 e. The van der Waals surface area contributed by atoms with Crippen molar-refractivity contribution in [3.8, 4) is 11.8 Å². The lowest BCUT2D eigenvalue weighted by Crippen LogP contribution is -2.59. The number of ether oxygens (including phenoxy) is 1. The molecule has 0 bridgehead atoms. The maximum Gasteiger partial charge on any atom is 0.408 e. The number of carbonyl (C=O) groups excluding carboxylic acids is 2. The van der Waals surface area contributed by atoms with Crippen molar-refractivity contribution in [1.82, 2.24) is 10.6 Å². The second-order valence-corrected chi connectivity index (χ2v) is 8.82. The van der Waals surface area contributed by atoms with Gasteiger partial charge in [-0.1, -0.05) is 47.9 Å². The molecule has 7 heteroatoms. The quantitative estimate of drug-likeness (QED) is 0.691. The Hall–Kier alpha value is -1.90. The third-order valence-electron chi connectivity index (χ3n) is 4.33. The molecule has 0 heterocycles. The zero-order chi connectivity index (χ0) is 20.9. The van der Waals surface area contributed by atoms with Crippen molar-refractivity contribution in [2.45, 2.75) is 70.6 Å². The SMILES string of the molecule is CC(C#Cc1ccc(Cl)c(Cl)c1)NC(=O)C1(NC(=O)OC(C)(C)C)CCCC1. The summed E-state index contributed by atoms with van der Waals surface area (Å²) in [5.41, 5.74) is -0.876. The smallest absolute Gasteiger partial charge is 0.408 e. The standard InChI is InChI=1S/C21H26Cl2N2O3/c1-14(7-8-15-9-10-16(22)17(23)13-15)24-18(26)21(11-5-6-12-21)25-19(27)28-20(2,3)4/h9-10,13-14H,5-6,11-12H2,1-4H3,(H,24,26)(H,25,27). The molecule has 1 unspecified atom stereocenters. The zero-order valence-corrected chi connectivity index (χ0v) is 18.1. The van der Waals surface area contributed by atoms with Crippen molar-refractivity contribution in [3.05, 3.63) is 33.8 Å². The number of alkyl carbamates (subject to hydrolysis) is 1. The van der Waals surface area contributed by atoms with Gasteiger partial charge in [0.2, 0.25) is 5.91 Å². The van der Waals surface area contributed by atoms with Gasteiger partial charge < -0.3 is 15.4 Å². The van der Waals surface area contributed by atoms with E-state index in [1.54, 1.807) is 45.9 Å². The second-order valence-electron chi connectivity index (χ2n) is 8.01. The normalized spacial score (nSPS) is 16.5. The molecule has 1 aliphatic carbocycles. The molecular formula is C21H26Cl2N2O3. The van der Waals surface area contributed by atoms with Gasteiger partial charge in [0, 0.05) is 5.56 Å². The Morgan fingerprint density at radius 1 is 1.18 bits per heavy atom. The molecule has 1 atom stereocenters. The number of nitrogens with one attached hydrogen (secondary N) is 2. The molecule has 1 fully saturated rings. The first-order valence-corrected chi connectivity index (χ1v) is 10.1. The van der Waals surface area contributed by atoms with Crippen molar-refractivity contribution in [2.75, 3.05) is 0 Å². The molecular weight excluding hydrogens is 399 g/mol. The molecule has 1 aromatic carbocycles. The molecule has 0 spiro atoms. The van der Waals surface area contributed by atoms with Crippen molar-refractivity contribution in [1.29, 1.82) is 0 Å². The highest BCUT2D eigenvalue weighted by molar-refractivity contribution is 6.42. The van der Waals surface area contributed by atoms with Gasteiger partial charge in [-0.2, -0.15) is 0 Å². The molecule has 28 heavy (non-hydrogen) atoms. The highest BCUT2D eigenvalue weighted by atomic mass is 35.5. The van der Waals surface area contributed by atoms with Gasteiger partial charge in [0.05, 0.1) is 16.1 Å². The maximum atomic E-state index is 12.9. The first-order valence-electron chi connectivity index (χ1n) is 9.29. The third-order valence-corrected chi connectivity index (χ3v) is 5.07. The average molecular weight is 425 g/mol. The van der Waals surface area contributed by atoms with Gasteiger partial charge in [0.15, 0.2) is 0 Å². The summed E-state index contributed by atoms with van der Waals surface area (Å²) in [5, 5.41) is 6.56. The highest BCUT2D eigenvalue weighted by Gasteiger charge is 2.43. The van der Waals surface area contributed by atoms with Crippen LogP contribution in [0.15, 0.2) is 18.2 Å². The predicted octanol–water partition coefficient (Wildman–Crippen LogP) is 4.69. The van der Waals surface area contributed by atoms with Crippen LogP contribution in [0.4, 0.5) is 4.79 Å². The van der Waals surface area contributed by atoms with Crippen LogP contribution in [-0.4, -0.2) is 29.2 Å². The lowest BCUT2D eigenvalue weighted by Gasteiger charge is -2.31. The Morgan fingerprint density at radius 2 is 1.82 bits per heavy atom. The number of benzene rings is 1. The van der Waals surface area contributed by atoms with Gasteiger partial charge >= 0.3 is 6.09 Å². The van der Waals surface area contributed by atoms with Gasteiger partial charge in [-0.3, -0.25) is 4.79 Å². The summed E-state index contributed by atoms with van der Waals surface area (Å²) in [6.45, 7) is 7.15. The van der Waals surface area contributed by atoms with E-state index in [0.29, 0.717) is 28.5 Å². The third kappa shape index (κ3) is 6.32. The zero-order valence-electron chi connectivity index (χ0n) is 16.6. The van der Waals surface area contributed by atoms with E-state index < -0.39 is 23.3 Å². The average Bonchev–Trinajstić information content (AvgIpc) is 3.03. The van der Waals surface area contributed by atoms with Crippen molar-refractivity contribution in [3.63, 3.8) is 0 Å². The fourth-order valence-corrected chi connectivity index (χ4v) is 3.32.